The molecule has 20 heavy (non-hydrogen) atoms. The number of sulfonamides is 1. The molecule has 1 rings (SSSR count). The van der Waals surface area contributed by atoms with Gasteiger partial charge in [-0.15, -0.1) is 0 Å². The normalized spacial score (nSPS) is 12.8. The van der Waals surface area contributed by atoms with E-state index < -0.39 is 22.1 Å². The van der Waals surface area contributed by atoms with E-state index in [9.17, 15) is 13.2 Å². The van der Waals surface area contributed by atoms with E-state index in [4.69, 9.17) is 21.6 Å². The van der Waals surface area contributed by atoms with E-state index in [1.165, 1.54) is 33.2 Å². The van der Waals surface area contributed by atoms with Gasteiger partial charge in [-0.1, -0.05) is 11.6 Å². The van der Waals surface area contributed by atoms with E-state index in [2.05, 4.69) is 0 Å². The summed E-state index contributed by atoms with van der Waals surface area (Å²) in [5, 5.41) is 8.65. The van der Waals surface area contributed by atoms with Crippen molar-refractivity contribution >= 4 is 27.6 Å². The first-order valence-corrected chi connectivity index (χ1v) is 7.34. The molecule has 0 saturated heterocycles. The smallest absolute Gasteiger partial charge is 0.340 e. The monoisotopic (exact) mass is 316 g/mol. The zero-order chi connectivity index (χ0) is 15.5. The van der Waals surface area contributed by atoms with Crippen molar-refractivity contribution < 1.29 is 17.9 Å². The van der Waals surface area contributed by atoms with Gasteiger partial charge in [-0.3, -0.25) is 0 Å². The van der Waals surface area contributed by atoms with E-state index in [0.29, 0.717) is 0 Å². The largest absolute Gasteiger partial charge is 0.444 e. The van der Waals surface area contributed by atoms with E-state index in [1.54, 1.807) is 6.07 Å². The predicted octanol–water partition coefficient (Wildman–Crippen LogP) is 1.66. The first kappa shape index (κ1) is 16.4. The van der Waals surface area contributed by atoms with Crippen LogP contribution in [-0.2, 0) is 14.8 Å². The van der Waals surface area contributed by atoms with E-state index in [1.807, 2.05) is 0 Å². The van der Waals surface area contributed by atoms with Gasteiger partial charge in [-0.2, -0.15) is 5.26 Å². The number of hydrogen-bond donors (Lipinski definition) is 0. The first-order valence-electron chi connectivity index (χ1n) is 5.53. The van der Waals surface area contributed by atoms with Gasteiger partial charge in [0.1, 0.15) is 6.07 Å². The number of nitrogens with zero attached hydrogens (tertiary/aromatic N) is 2. The van der Waals surface area contributed by atoms with Gasteiger partial charge < -0.3 is 4.74 Å². The third-order valence-corrected chi connectivity index (χ3v) is 4.54. The van der Waals surface area contributed by atoms with Gasteiger partial charge in [0.25, 0.3) is 0 Å². The summed E-state index contributed by atoms with van der Waals surface area (Å²) in [7, 11) is -0.932. The number of rotatable bonds is 4. The molecule has 0 fully saturated rings. The minimum absolute atomic E-state index is 0.0536. The lowest BCUT2D eigenvalue weighted by atomic mass is 10.2. The number of hydrogen-bond acceptors (Lipinski definition) is 5. The standard InChI is InChI=1S/C12H13ClN2O4S/c1-8(7-14)19-12(16)10-6-9(4-5-11(10)13)20(17,18)15(2)3/h4-6,8H,1-3H3/t8-/m0/s1. The summed E-state index contributed by atoms with van der Waals surface area (Å²) >= 11 is 5.86. The summed E-state index contributed by atoms with van der Waals surface area (Å²) in [5.74, 6) is -0.847. The van der Waals surface area contributed by atoms with Crippen molar-refractivity contribution in [3.05, 3.63) is 28.8 Å². The van der Waals surface area contributed by atoms with Crippen molar-refractivity contribution in [1.82, 2.24) is 4.31 Å². The Labute approximate surface area is 122 Å². The molecule has 0 N–H and O–H groups in total. The van der Waals surface area contributed by atoms with Crippen LogP contribution in [0.5, 0.6) is 0 Å². The van der Waals surface area contributed by atoms with Crippen LogP contribution in [0.25, 0.3) is 0 Å². The molecule has 0 aliphatic heterocycles. The highest BCUT2D eigenvalue weighted by atomic mass is 35.5. The third kappa shape index (κ3) is 3.48. The van der Waals surface area contributed by atoms with Crippen LogP contribution in [-0.4, -0.2) is 38.9 Å². The maximum absolute atomic E-state index is 12.0. The Morgan fingerprint density at radius 1 is 1.45 bits per heavy atom. The molecule has 0 aliphatic rings. The number of esters is 1. The van der Waals surface area contributed by atoms with E-state index >= 15 is 0 Å². The van der Waals surface area contributed by atoms with Gasteiger partial charge >= 0.3 is 5.97 Å². The maximum atomic E-state index is 12.0. The number of benzene rings is 1. The fraction of sp³-hybridized carbons (Fsp3) is 0.333. The average Bonchev–Trinajstić information content (AvgIpc) is 2.38. The summed E-state index contributed by atoms with van der Waals surface area (Å²) in [4.78, 5) is 11.7. The minimum atomic E-state index is -3.68. The Morgan fingerprint density at radius 3 is 2.55 bits per heavy atom. The lowest BCUT2D eigenvalue weighted by Gasteiger charge is -2.13. The van der Waals surface area contributed by atoms with Crippen LogP contribution >= 0.6 is 11.6 Å². The quantitative estimate of drug-likeness (QED) is 0.788. The molecular weight excluding hydrogens is 304 g/mol. The van der Waals surface area contributed by atoms with Gasteiger partial charge in [-0.25, -0.2) is 17.5 Å². The SMILES string of the molecule is C[C@@H](C#N)OC(=O)c1cc(S(=O)(=O)N(C)C)ccc1Cl. The Balaban J connectivity index is 3.24. The Morgan fingerprint density at radius 2 is 2.05 bits per heavy atom. The first-order chi connectivity index (χ1) is 9.20. The molecule has 1 aromatic rings. The topological polar surface area (TPSA) is 87.5 Å². The summed E-state index contributed by atoms with van der Waals surface area (Å²) in [6.07, 6.45) is -0.951. The molecule has 0 saturated carbocycles. The highest BCUT2D eigenvalue weighted by Gasteiger charge is 2.22. The lowest BCUT2D eigenvalue weighted by molar-refractivity contribution is 0.0435. The van der Waals surface area contributed by atoms with Gasteiger partial charge in [0.15, 0.2) is 6.10 Å². The zero-order valence-electron chi connectivity index (χ0n) is 11.1. The molecule has 0 unspecified atom stereocenters. The predicted molar refractivity (Wildman–Crippen MR) is 72.8 cm³/mol. The highest BCUT2D eigenvalue weighted by molar-refractivity contribution is 7.89. The average molecular weight is 317 g/mol. The van der Waals surface area contributed by atoms with Crippen LogP contribution < -0.4 is 0 Å². The number of halogens is 1. The molecule has 1 aromatic carbocycles. The Hall–Kier alpha value is -1.62. The lowest BCUT2D eigenvalue weighted by Crippen LogP contribution is -2.22. The molecule has 0 radical (unpaired) electrons. The maximum Gasteiger partial charge on any atom is 0.340 e. The van der Waals surface area contributed by atoms with Crippen LogP contribution in [0.2, 0.25) is 5.02 Å². The van der Waals surface area contributed by atoms with Gasteiger partial charge in [-0.05, 0) is 25.1 Å². The second-order valence-corrected chi connectivity index (χ2v) is 6.66. The molecule has 0 aromatic heterocycles. The van der Waals surface area contributed by atoms with Gasteiger partial charge in [0.05, 0.1) is 15.5 Å². The van der Waals surface area contributed by atoms with Crippen molar-refractivity contribution in [2.45, 2.75) is 17.9 Å². The van der Waals surface area contributed by atoms with Crippen LogP contribution in [0.3, 0.4) is 0 Å². The number of carbonyl (C=O) groups is 1. The Bertz CT molecular complexity index is 665. The number of ether oxygens (including phenoxy) is 1. The molecule has 0 amide bonds. The summed E-state index contributed by atoms with van der Waals surface area (Å²) in [5.41, 5.74) is -0.100. The summed E-state index contributed by atoms with van der Waals surface area (Å²) in [6, 6.07) is 5.46. The summed E-state index contributed by atoms with van der Waals surface area (Å²) < 4.78 is 29.8. The minimum Gasteiger partial charge on any atom is -0.444 e. The Kier molecular flexibility index (Phi) is 5.11. The zero-order valence-corrected chi connectivity index (χ0v) is 12.7. The van der Waals surface area contributed by atoms with Crippen molar-refractivity contribution in [3.8, 4) is 6.07 Å². The number of nitriles is 1. The molecule has 0 bridgehead atoms. The summed E-state index contributed by atoms with van der Waals surface area (Å²) in [6.45, 7) is 1.40. The highest BCUT2D eigenvalue weighted by Crippen LogP contribution is 2.23. The van der Waals surface area contributed by atoms with Crippen molar-refractivity contribution in [2.75, 3.05) is 14.1 Å². The molecule has 8 heteroatoms. The fourth-order valence-electron chi connectivity index (χ4n) is 1.28. The molecule has 6 nitrogen and oxygen atoms in total. The molecular formula is C12H13ClN2O4S. The molecule has 108 valence electrons. The van der Waals surface area contributed by atoms with Crippen molar-refractivity contribution in [2.24, 2.45) is 0 Å². The molecule has 0 spiro atoms. The van der Waals surface area contributed by atoms with E-state index in [0.717, 1.165) is 10.4 Å². The van der Waals surface area contributed by atoms with Crippen LogP contribution in [0, 0.1) is 11.3 Å². The van der Waals surface area contributed by atoms with Crippen molar-refractivity contribution in [1.29, 1.82) is 5.26 Å². The van der Waals surface area contributed by atoms with E-state index in [-0.39, 0.29) is 15.5 Å². The van der Waals surface area contributed by atoms with Gasteiger partial charge in [0, 0.05) is 14.1 Å². The van der Waals surface area contributed by atoms with Crippen LogP contribution in [0.1, 0.15) is 17.3 Å². The molecule has 0 aliphatic carbocycles. The third-order valence-electron chi connectivity index (χ3n) is 2.40. The fourth-order valence-corrected chi connectivity index (χ4v) is 2.41. The second-order valence-electron chi connectivity index (χ2n) is 4.11. The number of carbonyl (C=O) groups excluding carboxylic acids is 1. The van der Waals surface area contributed by atoms with Crippen molar-refractivity contribution in [3.63, 3.8) is 0 Å². The molecule has 0 heterocycles. The van der Waals surface area contributed by atoms with Crippen LogP contribution in [0.15, 0.2) is 23.1 Å². The molecule has 1 atom stereocenters. The van der Waals surface area contributed by atoms with Crippen LogP contribution in [0.4, 0.5) is 0 Å². The van der Waals surface area contributed by atoms with Gasteiger partial charge in [0.2, 0.25) is 10.0 Å². The second kappa shape index (κ2) is 6.22.